The summed E-state index contributed by atoms with van der Waals surface area (Å²) in [4.78, 5) is 33.8. The number of rotatable bonds is 5. The zero-order valence-corrected chi connectivity index (χ0v) is 17.8. The molecule has 0 radical (unpaired) electrons. The van der Waals surface area contributed by atoms with E-state index in [4.69, 9.17) is 4.74 Å². The molecule has 2 fully saturated rings. The third-order valence-electron chi connectivity index (χ3n) is 6.36. The van der Waals surface area contributed by atoms with E-state index < -0.39 is 6.10 Å². The van der Waals surface area contributed by atoms with Crippen molar-refractivity contribution >= 4 is 11.8 Å². The molecule has 0 spiro atoms. The number of β-amino-alcohol motifs (C(OH)–C–C–N with tert-alkyl or cyclic N) is 1. The van der Waals surface area contributed by atoms with Gasteiger partial charge in [0.05, 0.1) is 13.2 Å². The molecule has 164 valence electrons. The molecule has 2 atom stereocenters. The molecule has 1 N–H and O–H groups in total. The minimum atomic E-state index is -0.527. The Balaban J connectivity index is 1.30. The summed E-state index contributed by atoms with van der Waals surface area (Å²) < 4.78 is 5.21. The number of likely N-dealkylation sites (tertiary alicyclic amines) is 2. The number of ether oxygens (including phenoxy) is 1. The van der Waals surface area contributed by atoms with Crippen LogP contribution in [0.5, 0.6) is 5.75 Å². The maximum atomic E-state index is 13.1. The summed E-state index contributed by atoms with van der Waals surface area (Å²) >= 11 is 0. The summed E-state index contributed by atoms with van der Waals surface area (Å²) in [5, 5.41) is 10.5. The van der Waals surface area contributed by atoms with Crippen molar-refractivity contribution in [2.24, 2.45) is 11.8 Å². The SMILES string of the molecule is COc1cccc(C(=O)N2CCC(C(=O)N3C[C@@H](Cc4ccccn4)[C@H](O)C3)CC2)c1. The Bertz CT molecular complexity index is 912. The molecule has 0 saturated carbocycles. The third-order valence-corrected chi connectivity index (χ3v) is 6.36. The lowest BCUT2D eigenvalue weighted by Gasteiger charge is -2.33. The minimum Gasteiger partial charge on any atom is -0.497 e. The van der Waals surface area contributed by atoms with Gasteiger partial charge in [0.15, 0.2) is 0 Å². The second-order valence-corrected chi connectivity index (χ2v) is 8.39. The van der Waals surface area contributed by atoms with Gasteiger partial charge in [-0.15, -0.1) is 0 Å². The van der Waals surface area contributed by atoms with Crippen molar-refractivity contribution < 1.29 is 19.4 Å². The maximum Gasteiger partial charge on any atom is 0.253 e. The predicted octanol–water partition coefficient (Wildman–Crippen LogP) is 2.00. The summed E-state index contributed by atoms with van der Waals surface area (Å²) in [6.45, 7) is 2.04. The number of aliphatic hydroxyl groups excluding tert-OH is 1. The van der Waals surface area contributed by atoms with Crippen LogP contribution in [0.25, 0.3) is 0 Å². The van der Waals surface area contributed by atoms with Gasteiger partial charge in [0.2, 0.25) is 5.91 Å². The lowest BCUT2D eigenvalue weighted by molar-refractivity contribution is -0.136. The van der Waals surface area contributed by atoms with E-state index in [1.54, 1.807) is 35.2 Å². The minimum absolute atomic E-state index is 0.00794. The summed E-state index contributed by atoms with van der Waals surface area (Å²) in [7, 11) is 1.58. The Labute approximate surface area is 182 Å². The van der Waals surface area contributed by atoms with Crippen molar-refractivity contribution in [3.8, 4) is 5.75 Å². The van der Waals surface area contributed by atoms with Gasteiger partial charge >= 0.3 is 0 Å². The number of carbonyl (C=O) groups excluding carboxylic acids is 2. The zero-order chi connectivity index (χ0) is 21.8. The highest BCUT2D eigenvalue weighted by Gasteiger charge is 2.38. The van der Waals surface area contributed by atoms with Crippen LogP contribution in [0.1, 0.15) is 28.9 Å². The average molecular weight is 424 g/mol. The van der Waals surface area contributed by atoms with Crippen molar-refractivity contribution in [2.75, 3.05) is 33.3 Å². The van der Waals surface area contributed by atoms with E-state index in [0.29, 0.717) is 56.8 Å². The molecule has 0 unspecified atom stereocenters. The molecule has 2 amide bonds. The maximum absolute atomic E-state index is 13.1. The van der Waals surface area contributed by atoms with Crippen LogP contribution in [0, 0.1) is 11.8 Å². The molecule has 7 heteroatoms. The first-order valence-electron chi connectivity index (χ1n) is 10.8. The molecule has 2 aliphatic rings. The zero-order valence-electron chi connectivity index (χ0n) is 17.8. The van der Waals surface area contributed by atoms with Crippen molar-refractivity contribution in [3.63, 3.8) is 0 Å². The van der Waals surface area contributed by atoms with Gasteiger partial charge in [-0.2, -0.15) is 0 Å². The summed E-state index contributed by atoms with van der Waals surface area (Å²) in [6, 6.07) is 12.9. The van der Waals surface area contributed by atoms with E-state index in [1.807, 2.05) is 30.3 Å². The van der Waals surface area contributed by atoms with Crippen LogP contribution in [0.15, 0.2) is 48.7 Å². The molecular weight excluding hydrogens is 394 g/mol. The van der Waals surface area contributed by atoms with E-state index in [1.165, 1.54) is 0 Å². The van der Waals surface area contributed by atoms with Crippen molar-refractivity contribution in [2.45, 2.75) is 25.4 Å². The molecule has 2 aliphatic heterocycles. The van der Waals surface area contributed by atoms with E-state index >= 15 is 0 Å². The monoisotopic (exact) mass is 423 g/mol. The van der Waals surface area contributed by atoms with Crippen LogP contribution in [-0.4, -0.2) is 71.1 Å². The highest BCUT2D eigenvalue weighted by Crippen LogP contribution is 2.27. The standard InChI is InChI=1S/C24H29N3O4/c1-31-21-7-4-5-18(14-21)24(30)26-11-8-17(9-12-26)23(29)27-15-19(22(28)16-27)13-20-6-2-3-10-25-20/h2-7,10,14,17,19,22,28H,8-9,11-13,15-16H2,1H3/t19-,22-/m1/s1. The molecule has 7 nitrogen and oxygen atoms in total. The smallest absolute Gasteiger partial charge is 0.253 e. The highest BCUT2D eigenvalue weighted by atomic mass is 16.5. The largest absolute Gasteiger partial charge is 0.497 e. The van der Waals surface area contributed by atoms with Gasteiger partial charge < -0.3 is 19.6 Å². The predicted molar refractivity (Wildman–Crippen MR) is 116 cm³/mol. The van der Waals surface area contributed by atoms with Gasteiger partial charge in [-0.1, -0.05) is 12.1 Å². The summed E-state index contributed by atoms with van der Waals surface area (Å²) in [6.07, 6.45) is 3.18. The fourth-order valence-corrected chi connectivity index (χ4v) is 4.55. The first kappa shape index (κ1) is 21.3. The number of amides is 2. The Morgan fingerprint density at radius 3 is 2.61 bits per heavy atom. The number of benzene rings is 1. The molecular formula is C24H29N3O4. The fraction of sp³-hybridized carbons (Fsp3) is 0.458. The van der Waals surface area contributed by atoms with Gasteiger partial charge in [0, 0.05) is 55.5 Å². The second-order valence-electron chi connectivity index (χ2n) is 8.39. The lowest BCUT2D eigenvalue weighted by Crippen LogP contribution is -2.44. The van der Waals surface area contributed by atoms with E-state index in [-0.39, 0.29) is 23.7 Å². The van der Waals surface area contributed by atoms with E-state index in [2.05, 4.69) is 4.98 Å². The molecule has 1 aromatic heterocycles. The second kappa shape index (κ2) is 9.47. The molecule has 2 saturated heterocycles. The fourth-order valence-electron chi connectivity index (χ4n) is 4.55. The van der Waals surface area contributed by atoms with Crippen LogP contribution >= 0.6 is 0 Å². The van der Waals surface area contributed by atoms with E-state index in [0.717, 1.165) is 5.69 Å². The first-order valence-corrected chi connectivity index (χ1v) is 10.8. The third kappa shape index (κ3) is 4.88. The van der Waals surface area contributed by atoms with Gasteiger partial charge in [-0.05, 0) is 49.6 Å². The molecule has 4 rings (SSSR count). The summed E-state index contributed by atoms with van der Waals surface area (Å²) in [5.74, 6) is 0.625. The quantitative estimate of drug-likeness (QED) is 0.796. The van der Waals surface area contributed by atoms with Crippen molar-refractivity contribution in [3.05, 3.63) is 59.9 Å². The Hall–Kier alpha value is -2.93. The number of aromatic nitrogens is 1. The number of pyridine rings is 1. The van der Waals surface area contributed by atoms with Gasteiger partial charge in [-0.25, -0.2) is 0 Å². The number of methoxy groups -OCH3 is 1. The van der Waals surface area contributed by atoms with Gasteiger partial charge in [-0.3, -0.25) is 14.6 Å². The average Bonchev–Trinajstić information content (AvgIpc) is 3.19. The van der Waals surface area contributed by atoms with Crippen LogP contribution in [0.3, 0.4) is 0 Å². The Morgan fingerprint density at radius 2 is 1.90 bits per heavy atom. The Kier molecular flexibility index (Phi) is 6.51. The van der Waals surface area contributed by atoms with Crippen LogP contribution < -0.4 is 4.74 Å². The molecule has 0 aliphatic carbocycles. The number of nitrogens with zero attached hydrogens (tertiary/aromatic N) is 3. The molecule has 1 aromatic carbocycles. The number of aliphatic hydroxyl groups is 1. The number of piperidine rings is 1. The number of hydrogen-bond acceptors (Lipinski definition) is 5. The van der Waals surface area contributed by atoms with Gasteiger partial charge in [0.25, 0.3) is 5.91 Å². The van der Waals surface area contributed by atoms with Crippen LogP contribution in [0.2, 0.25) is 0 Å². The molecule has 3 heterocycles. The molecule has 31 heavy (non-hydrogen) atoms. The number of carbonyl (C=O) groups is 2. The van der Waals surface area contributed by atoms with Crippen LogP contribution in [-0.2, 0) is 11.2 Å². The lowest BCUT2D eigenvalue weighted by atomic mass is 9.94. The van der Waals surface area contributed by atoms with Gasteiger partial charge in [0.1, 0.15) is 5.75 Å². The topological polar surface area (TPSA) is 83.0 Å². The Morgan fingerprint density at radius 1 is 1.10 bits per heavy atom. The summed E-state index contributed by atoms with van der Waals surface area (Å²) in [5.41, 5.74) is 1.54. The van der Waals surface area contributed by atoms with Crippen molar-refractivity contribution in [1.29, 1.82) is 0 Å². The number of hydrogen-bond donors (Lipinski definition) is 1. The highest BCUT2D eigenvalue weighted by molar-refractivity contribution is 5.94. The normalized spacial score (nSPS) is 21.9. The molecule has 2 aromatic rings. The van der Waals surface area contributed by atoms with Crippen molar-refractivity contribution in [1.82, 2.24) is 14.8 Å². The van der Waals surface area contributed by atoms with Crippen LogP contribution in [0.4, 0.5) is 0 Å². The molecule has 0 bridgehead atoms. The first-order chi connectivity index (χ1) is 15.0. The van der Waals surface area contributed by atoms with E-state index in [9.17, 15) is 14.7 Å².